The molecule has 2 aromatic rings. The third-order valence-corrected chi connectivity index (χ3v) is 5.22. The Morgan fingerprint density at radius 2 is 2.10 bits per heavy atom. The summed E-state index contributed by atoms with van der Waals surface area (Å²) in [6.07, 6.45) is 0. The standard InChI is InChI=1S/C16H20BrClN2S/c1-11(2)20(10-13-4-3-7-21-13)16(9-19)14-8-12(17)5-6-15(14)18/h3-8,11,16H,9-10,19H2,1-2H3. The number of benzene rings is 1. The third-order valence-electron chi connectivity index (χ3n) is 3.52. The second-order valence-corrected chi connectivity index (χ2v) is 7.62. The summed E-state index contributed by atoms with van der Waals surface area (Å²) in [5.74, 6) is 0. The van der Waals surface area contributed by atoms with E-state index in [4.69, 9.17) is 17.3 Å². The molecule has 1 unspecified atom stereocenters. The van der Waals surface area contributed by atoms with E-state index in [1.165, 1.54) is 4.88 Å². The highest BCUT2D eigenvalue weighted by molar-refractivity contribution is 9.10. The molecule has 21 heavy (non-hydrogen) atoms. The molecule has 0 aliphatic rings. The first kappa shape index (κ1) is 17.0. The van der Waals surface area contributed by atoms with Crippen LogP contribution in [0.15, 0.2) is 40.2 Å². The summed E-state index contributed by atoms with van der Waals surface area (Å²) in [5, 5.41) is 2.88. The number of nitrogens with zero attached hydrogens (tertiary/aromatic N) is 1. The highest BCUT2D eigenvalue weighted by Gasteiger charge is 2.24. The van der Waals surface area contributed by atoms with Crippen LogP contribution in [0, 0.1) is 0 Å². The molecular formula is C16H20BrClN2S. The fourth-order valence-electron chi connectivity index (χ4n) is 2.45. The van der Waals surface area contributed by atoms with Crippen LogP contribution in [-0.4, -0.2) is 17.5 Å². The number of thiophene rings is 1. The Morgan fingerprint density at radius 1 is 1.33 bits per heavy atom. The van der Waals surface area contributed by atoms with Crippen molar-refractivity contribution in [2.45, 2.75) is 32.5 Å². The minimum atomic E-state index is 0.108. The molecule has 1 atom stereocenters. The topological polar surface area (TPSA) is 29.3 Å². The lowest BCUT2D eigenvalue weighted by molar-refractivity contribution is 0.149. The summed E-state index contributed by atoms with van der Waals surface area (Å²) in [7, 11) is 0. The molecule has 0 aliphatic carbocycles. The van der Waals surface area contributed by atoms with Gasteiger partial charge in [-0.2, -0.15) is 0 Å². The first-order valence-electron chi connectivity index (χ1n) is 6.96. The normalized spacial score (nSPS) is 13.1. The molecule has 2 rings (SSSR count). The monoisotopic (exact) mass is 386 g/mol. The van der Waals surface area contributed by atoms with Gasteiger partial charge in [0, 0.05) is 39.5 Å². The van der Waals surface area contributed by atoms with Crippen molar-refractivity contribution in [2.24, 2.45) is 5.73 Å². The lowest BCUT2D eigenvalue weighted by Crippen LogP contribution is -2.38. The molecule has 1 heterocycles. The van der Waals surface area contributed by atoms with Gasteiger partial charge in [-0.3, -0.25) is 4.90 Å². The molecule has 0 bridgehead atoms. The van der Waals surface area contributed by atoms with Crippen LogP contribution < -0.4 is 5.73 Å². The third kappa shape index (κ3) is 4.30. The van der Waals surface area contributed by atoms with Crippen molar-refractivity contribution in [1.82, 2.24) is 4.90 Å². The van der Waals surface area contributed by atoms with Crippen molar-refractivity contribution < 1.29 is 0 Å². The SMILES string of the molecule is CC(C)N(Cc1cccs1)C(CN)c1cc(Br)ccc1Cl. The molecule has 1 aromatic heterocycles. The second-order valence-electron chi connectivity index (χ2n) is 5.26. The molecule has 0 radical (unpaired) electrons. The van der Waals surface area contributed by atoms with E-state index in [1.807, 2.05) is 12.1 Å². The van der Waals surface area contributed by atoms with E-state index in [-0.39, 0.29) is 6.04 Å². The van der Waals surface area contributed by atoms with Crippen molar-refractivity contribution >= 4 is 38.9 Å². The fourth-order valence-corrected chi connectivity index (χ4v) is 3.78. The Labute approximate surface area is 144 Å². The van der Waals surface area contributed by atoms with Crippen LogP contribution in [0.4, 0.5) is 0 Å². The van der Waals surface area contributed by atoms with Crippen LogP contribution in [0.25, 0.3) is 0 Å². The fraction of sp³-hybridized carbons (Fsp3) is 0.375. The second kappa shape index (κ2) is 7.75. The molecule has 0 spiro atoms. The van der Waals surface area contributed by atoms with E-state index < -0.39 is 0 Å². The van der Waals surface area contributed by atoms with Gasteiger partial charge < -0.3 is 5.73 Å². The predicted octanol–water partition coefficient (Wildman–Crippen LogP) is 5.07. The number of hydrogen-bond acceptors (Lipinski definition) is 3. The molecule has 0 saturated carbocycles. The van der Waals surface area contributed by atoms with Crippen LogP contribution in [0.2, 0.25) is 5.02 Å². The number of nitrogens with two attached hydrogens (primary N) is 1. The van der Waals surface area contributed by atoms with Gasteiger partial charge in [-0.25, -0.2) is 0 Å². The molecule has 0 amide bonds. The van der Waals surface area contributed by atoms with Crippen LogP contribution in [0.3, 0.4) is 0 Å². The Kier molecular flexibility index (Phi) is 6.26. The number of halogens is 2. The van der Waals surface area contributed by atoms with Crippen LogP contribution in [0.5, 0.6) is 0 Å². The van der Waals surface area contributed by atoms with Gasteiger partial charge in [-0.15, -0.1) is 11.3 Å². The van der Waals surface area contributed by atoms with Crippen molar-refractivity contribution in [3.63, 3.8) is 0 Å². The van der Waals surface area contributed by atoms with Gasteiger partial charge in [-0.1, -0.05) is 33.6 Å². The van der Waals surface area contributed by atoms with Crippen molar-refractivity contribution in [2.75, 3.05) is 6.54 Å². The largest absolute Gasteiger partial charge is 0.329 e. The summed E-state index contributed by atoms with van der Waals surface area (Å²) in [4.78, 5) is 3.74. The average Bonchev–Trinajstić information content (AvgIpc) is 2.95. The molecule has 2 nitrogen and oxygen atoms in total. The van der Waals surface area contributed by atoms with Crippen LogP contribution in [-0.2, 0) is 6.54 Å². The highest BCUT2D eigenvalue weighted by Crippen LogP contribution is 2.32. The maximum atomic E-state index is 6.40. The van der Waals surface area contributed by atoms with E-state index in [0.29, 0.717) is 12.6 Å². The maximum Gasteiger partial charge on any atom is 0.0492 e. The molecule has 0 aliphatic heterocycles. The van der Waals surface area contributed by atoms with Crippen LogP contribution in [0.1, 0.15) is 30.3 Å². The van der Waals surface area contributed by atoms with E-state index in [9.17, 15) is 0 Å². The highest BCUT2D eigenvalue weighted by atomic mass is 79.9. The number of rotatable bonds is 6. The summed E-state index contributed by atoms with van der Waals surface area (Å²) in [6, 6.07) is 10.7. The summed E-state index contributed by atoms with van der Waals surface area (Å²) in [6.45, 7) is 5.82. The zero-order valence-electron chi connectivity index (χ0n) is 12.2. The minimum absolute atomic E-state index is 0.108. The van der Waals surface area contributed by atoms with Gasteiger partial charge in [0.1, 0.15) is 0 Å². The van der Waals surface area contributed by atoms with Gasteiger partial charge >= 0.3 is 0 Å². The Balaban J connectivity index is 2.33. The molecule has 0 saturated heterocycles. The molecule has 114 valence electrons. The molecule has 0 fully saturated rings. The Bertz CT molecular complexity index is 572. The Morgan fingerprint density at radius 3 is 2.67 bits per heavy atom. The maximum absolute atomic E-state index is 6.40. The lowest BCUT2D eigenvalue weighted by atomic mass is 10.0. The quantitative estimate of drug-likeness (QED) is 0.749. The smallest absolute Gasteiger partial charge is 0.0492 e. The lowest BCUT2D eigenvalue weighted by Gasteiger charge is -2.35. The van der Waals surface area contributed by atoms with E-state index >= 15 is 0 Å². The van der Waals surface area contributed by atoms with Gasteiger partial charge in [-0.05, 0) is 49.1 Å². The zero-order chi connectivity index (χ0) is 15.4. The summed E-state index contributed by atoms with van der Waals surface area (Å²) >= 11 is 11.7. The molecule has 2 N–H and O–H groups in total. The van der Waals surface area contributed by atoms with Crippen LogP contribution >= 0.6 is 38.9 Å². The Hall–Kier alpha value is -0.390. The van der Waals surface area contributed by atoms with E-state index in [1.54, 1.807) is 11.3 Å². The van der Waals surface area contributed by atoms with Gasteiger partial charge in [0.05, 0.1) is 0 Å². The predicted molar refractivity (Wildman–Crippen MR) is 95.9 cm³/mol. The number of hydrogen-bond donors (Lipinski definition) is 1. The summed E-state index contributed by atoms with van der Waals surface area (Å²) < 4.78 is 1.03. The van der Waals surface area contributed by atoms with E-state index in [2.05, 4.69) is 58.3 Å². The summed E-state index contributed by atoms with van der Waals surface area (Å²) in [5.41, 5.74) is 7.16. The van der Waals surface area contributed by atoms with Crippen molar-refractivity contribution in [3.8, 4) is 0 Å². The minimum Gasteiger partial charge on any atom is -0.329 e. The molecular weight excluding hydrogens is 368 g/mol. The first-order valence-corrected chi connectivity index (χ1v) is 9.01. The van der Waals surface area contributed by atoms with Crippen molar-refractivity contribution in [3.05, 3.63) is 55.6 Å². The zero-order valence-corrected chi connectivity index (χ0v) is 15.4. The van der Waals surface area contributed by atoms with Gasteiger partial charge in [0.25, 0.3) is 0 Å². The average molecular weight is 388 g/mol. The first-order chi connectivity index (χ1) is 10.0. The van der Waals surface area contributed by atoms with E-state index in [0.717, 1.165) is 21.6 Å². The van der Waals surface area contributed by atoms with Gasteiger partial charge in [0.15, 0.2) is 0 Å². The molecule has 5 heteroatoms. The van der Waals surface area contributed by atoms with Crippen molar-refractivity contribution in [1.29, 1.82) is 0 Å². The molecule has 1 aromatic carbocycles. The van der Waals surface area contributed by atoms with Gasteiger partial charge in [0.2, 0.25) is 0 Å².